The van der Waals surface area contributed by atoms with E-state index in [-0.39, 0.29) is 0 Å². The van der Waals surface area contributed by atoms with Gasteiger partial charge in [0.15, 0.2) is 0 Å². The molecule has 1 nitrogen and oxygen atoms in total. The van der Waals surface area contributed by atoms with Gasteiger partial charge in [0.2, 0.25) is 0 Å². The smallest absolute Gasteiger partial charge is 0.0554 e. The number of benzene rings is 9. The van der Waals surface area contributed by atoms with Gasteiger partial charge < -0.3 is 4.90 Å². The molecule has 0 saturated heterocycles. The minimum Gasteiger partial charge on any atom is -0.310 e. The Morgan fingerprint density at radius 1 is 0.333 bits per heavy atom. The summed E-state index contributed by atoms with van der Waals surface area (Å²) in [7, 11) is 0. The molecule has 0 aliphatic carbocycles. The van der Waals surface area contributed by atoms with Crippen molar-refractivity contribution >= 4 is 91.7 Å². The van der Waals surface area contributed by atoms with Crippen molar-refractivity contribution < 1.29 is 0 Å². The van der Waals surface area contributed by atoms with E-state index in [4.69, 9.17) is 0 Å². The van der Waals surface area contributed by atoms with Crippen molar-refractivity contribution in [1.82, 2.24) is 0 Å². The van der Waals surface area contributed by atoms with Crippen LogP contribution in [0, 0.1) is 0 Å². The van der Waals surface area contributed by atoms with Gasteiger partial charge >= 0.3 is 0 Å². The van der Waals surface area contributed by atoms with Gasteiger partial charge in [0.1, 0.15) is 0 Å². The van der Waals surface area contributed by atoms with E-state index in [0.717, 1.165) is 11.4 Å². The highest BCUT2D eigenvalue weighted by Gasteiger charge is 2.19. The highest BCUT2D eigenvalue weighted by atomic mass is 32.1. The van der Waals surface area contributed by atoms with Crippen molar-refractivity contribution in [1.29, 1.82) is 0 Å². The average molecular weight is 628 g/mol. The van der Waals surface area contributed by atoms with E-state index in [2.05, 4.69) is 181 Å². The summed E-state index contributed by atoms with van der Waals surface area (Å²) >= 11 is 1.86. The van der Waals surface area contributed by atoms with E-state index in [1.54, 1.807) is 0 Å². The van der Waals surface area contributed by atoms with Gasteiger partial charge in [0.05, 0.1) is 5.69 Å². The summed E-state index contributed by atoms with van der Waals surface area (Å²) in [6.07, 6.45) is 0. The number of thiophene rings is 1. The Hall–Kier alpha value is -5.96. The van der Waals surface area contributed by atoms with Gasteiger partial charge in [0.25, 0.3) is 0 Å². The van der Waals surface area contributed by atoms with Gasteiger partial charge in [-0.2, -0.15) is 0 Å². The Kier molecular flexibility index (Phi) is 6.12. The molecule has 0 amide bonds. The lowest BCUT2D eigenvalue weighted by atomic mass is 9.96. The molecule has 10 aromatic rings. The summed E-state index contributed by atoms with van der Waals surface area (Å²) in [5, 5.41) is 12.7. The van der Waals surface area contributed by atoms with E-state index in [1.165, 1.54) is 80.1 Å². The zero-order valence-corrected chi connectivity index (χ0v) is 26.9. The first-order valence-electron chi connectivity index (χ1n) is 16.4. The number of rotatable bonds is 4. The van der Waals surface area contributed by atoms with Crippen molar-refractivity contribution in [2.75, 3.05) is 4.90 Å². The summed E-state index contributed by atoms with van der Waals surface area (Å²) in [6.45, 7) is 0. The molecule has 1 heterocycles. The maximum Gasteiger partial charge on any atom is 0.0554 e. The average Bonchev–Trinajstić information content (AvgIpc) is 3.54. The Morgan fingerprint density at radius 2 is 0.938 bits per heavy atom. The first kappa shape index (κ1) is 27.2. The van der Waals surface area contributed by atoms with Crippen LogP contribution in [-0.4, -0.2) is 0 Å². The van der Waals surface area contributed by atoms with Crippen molar-refractivity contribution in [3.8, 4) is 11.1 Å². The highest BCUT2D eigenvalue weighted by molar-refractivity contribution is 7.26. The molecule has 0 fully saturated rings. The van der Waals surface area contributed by atoms with Crippen LogP contribution in [0.4, 0.5) is 17.1 Å². The lowest BCUT2D eigenvalue weighted by Gasteiger charge is -2.27. The van der Waals surface area contributed by atoms with Crippen molar-refractivity contribution in [2.24, 2.45) is 0 Å². The van der Waals surface area contributed by atoms with Gasteiger partial charge in [-0.1, -0.05) is 127 Å². The van der Waals surface area contributed by atoms with Crippen molar-refractivity contribution in [3.05, 3.63) is 176 Å². The monoisotopic (exact) mass is 627 g/mol. The molecule has 0 radical (unpaired) electrons. The van der Waals surface area contributed by atoms with Gasteiger partial charge in [-0.15, -0.1) is 11.3 Å². The topological polar surface area (TPSA) is 3.24 Å². The van der Waals surface area contributed by atoms with Crippen molar-refractivity contribution in [2.45, 2.75) is 0 Å². The predicted molar refractivity (Wildman–Crippen MR) is 209 cm³/mol. The van der Waals surface area contributed by atoms with Crippen LogP contribution in [0.5, 0.6) is 0 Å². The summed E-state index contributed by atoms with van der Waals surface area (Å²) in [5.41, 5.74) is 5.90. The van der Waals surface area contributed by atoms with E-state index in [0.29, 0.717) is 0 Å². The van der Waals surface area contributed by atoms with Crippen LogP contribution in [0.15, 0.2) is 176 Å². The second-order valence-electron chi connectivity index (χ2n) is 12.5. The molecule has 48 heavy (non-hydrogen) atoms. The molecule has 0 bridgehead atoms. The molecule has 1 aromatic heterocycles. The predicted octanol–water partition coefficient (Wildman–Crippen LogP) is 13.8. The third-order valence-corrected chi connectivity index (χ3v) is 11.0. The molecule has 0 atom stereocenters. The van der Waals surface area contributed by atoms with Crippen LogP contribution in [0.3, 0.4) is 0 Å². The number of nitrogens with zero attached hydrogens (tertiary/aromatic N) is 1. The second-order valence-corrected chi connectivity index (χ2v) is 13.6. The molecular formula is C46H29NS. The normalized spacial score (nSPS) is 11.8. The van der Waals surface area contributed by atoms with E-state index in [9.17, 15) is 0 Å². The van der Waals surface area contributed by atoms with E-state index in [1.807, 2.05) is 11.3 Å². The fourth-order valence-corrected chi connectivity index (χ4v) is 8.61. The number of hydrogen-bond acceptors (Lipinski definition) is 2. The third kappa shape index (κ3) is 4.31. The minimum absolute atomic E-state index is 1.13. The van der Waals surface area contributed by atoms with Crippen LogP contribution in [-0.2, 0) is 0 Å². The first-order valence-corrected chi connectivity index (χ1v) is 17.2. The Balaban J connectivity index is 1.20. The Morgan fingerprint density at radius 3 is 1.79 bits per heavy atom. The standard InChI is InChI=1S/C46H29NS/c1-2-10-34-28-35(17-16-30(34)8-1)31-18-23-36(24-19-31)47(43-13-7-15-45-46(43)41-12-5-6-14-44(41)48-45)37-25-20-33-22-26-39-38-11-4-3-9-32(38)21-27-40(39)42(33)29-37/h1-29H. The van der Waals surface area contributed by atoms with Gasteiger partial charge in [-0.25, -0.2) is 0 Å². The Bertz CT molecular complexity index is 2840. The van der Waals surface area contributed by atoms with Gasteiger partial charge in [0, 0.05) is 31.5 Å². The molecule has 224 valence electrons. The molecule has 0 N–H and O–H groups in total. The summed E-state index contributed by atoms with van der Waals surface area (Å²) in [5.74, 6) is 0. The van der Waals surface area contributed by atoms with E-state index < -0.39 is 0 Å². The maximum absolute atomic E-state index is 2.45. The largest absolute Gasteiger partial charge is 0.310 e. The van der Waals surface area contributed by atoms with Crippen LogP contribution in [0.25, 0.3) is 74.4 Å². The number of hydrogen-bond donors (Lipinski definition) is 0. The fraction of sp³-hybridized carbons (Fsp3) is 0. The van der Waals surface area contributed by atoms with Crippen LogP contribution in [0.2, 0.25) is 0 Å². The highest BCUT2D eigenvalue weighted by Crippen LogP contribution is 2.46. The molecular weight excluding hydrogens is 599 g/mol. The van der Waals surface area contributed by atoms with Gasteiger partial charge in [-0.3, -0.25) is 0 Å². The quantitative estimate of drug-likeness (QED) is 0.176. The van der Waals surface area contributed by atoms with Crippen LogP contribution < -0.4 is 4.90 Å². The number of fused-ring (bicyclic) bond motifs is 9. The van der Waals surface area contributed by atoms with Gasteiger partial charge in [-0.05, 0) is 103 Å². The van der Waals surface area contributed by atoms with E-state index >= 15 is 0 Å². The summed E-state index contributed by atoms with van der Waals surface area (Å²) in [4.78, 5) is 2.45. The maximum atomic E-state index is 2.45. The fourth-order valence-electron chi connectivity index (χ4n) is 7.49. The lowest BCUT2D eigenvalue weighted by Crippen LogP contribution is -2.10. The molecule has 0 unspecified atom stereocenters. The number of anilines is 3. The zero-order valence-electron chi connectivity index (χ0n) is 26.1. The van der Waals surface area contributed by atoms with Crippen LogP contribution >= 0.6 is 11.3 Å². The van der Waals surface area contributed by atoms with Crippen LogP contribution in [0.1, 0.15) is 0 Å². The molecule has 9 aromatic carbocycles. The molecule has 2 heteroatoms. The Labute approximate surface area is 282 Å². The summed E-state index contributed by atoms with van der Waals surface area (Å²) < 4.78 is 2.60. The zero-order chi connectivity index (χ0) is 31.6. The molecule has 0 spiro atoms. The molecule has 0 saturated carbocycles. The SMILES string of the molecule is c1ccc2cc(-c3ccc(N(c4ccc5ccc6c7ccccc7ccc6c5c4)c4cccc5sc6ccccc6c45)cc3)ccc2c1. The molecule has 0 aliphatic heterocycles. The van der Waals surface area contributed by atoms with Crippen molar-refractivity contribution in [3.63, 3.8) is 0 Å². The third-order valence-electron chi connectivity index (χ3n) is 9.82. The second kappa shape index (κ2) is 10.8. The molecule has 10 rings (SSSR count). The summed E-state index contributed by atoms with van der Waals surface area (Å²) in [6, 6.07) is 64.6. The molecule has 0 aliphatic rings. The minimum atomic E-state index is 1.13. The lowest BCUT2D eigenvalue weighted by molar-refractivity contribution is 1.31. The first-order chi connectivity index (χ1) is 23.8.